The molecule has 1 unspecified atom stereocenters. The molecule has 0 aliphatic carbocycles. The van der Waals surface area contributed by atoms with E-state index in [1.54, 1.807) is 12.1 Å². The van der Waals surface area contributed by atoms with Crippen LogP contribution in [0.2, 0.25) is 0 Å². The van der Waals surface area contributed by atoms with Crippen molar-refractivity contribution in [2.75, 3.05) is 0 Å². The van der Waals surface area contributed by atoms with Crippen LogP contribution in [0.15, 0.2) is 36.4 Å². The van der Waals surface area contributed by atoms with E-state index in [1.165, 1.54) is 6.07 Å². The van der Waals surface area contributed by atoms with Gasteiger partial charge in [0.1, 0.15) is 17.7 Å². The fraction of sp³-hybridized carbons (Fsp3) is 0.188. The van der Waals surface area contributed by atoms with Crippen molar-refractivity contribution in [1.29, 1.82) is 0 Å². The second kappa shape index (κ2) is 4.13. The summed E-state index contributed by atoms with van der Waals surface area (Å²) in [5.41, 5.74) is 3.65. The summed E-state index contributed by atoms with van der Waals surface area (Å²) in [6.07, 6.45) is 0.714. The number of ether oxygens (including phenoxy) is 1. The summed E-state index contributed by atoms with van der Waals surface area (Å²) in [5.74, 6) is 0.562. The lowest BCUT2D eigenvalue weighted by Gasteiger charge is -2.11. The molecule has 0 spiro atoms. The number of halogens is 1. The molecule has 0 amide bonds. The van der Waals surface area contributed by atoms with Crippen LogP contribution in [0.4, 0.5) is 4.39 Å². The van der Waals surface area contributed by atoms with Gasteiger partial charge in [-0.05, 0) is 37.1 Å². The SMILES string of the molecule is [CH2]C1Cc2cc(C)cc(-c3ccccc3F)c2O1. The molecule has 1 radical (unpaired) electrons. The Hall–Kier alpha value is -1.83. The average Bonchev–Trinajstić information content (AvgIpc) is 2.69. The molecular weight excluding hydrogens is 227 g/mol. The maximum Gasteiger partial charge on any atom is 0.131 e. The molecule has 0 bridgehead atoms. The number of benzene rings is 2. The van der Waals surface area contributed by atoms with Gasteiger partial charge in [-0.1, -0.05) is 24.3 Å². The summed E-state index contributed by atoms with van der Waals surface area (Å²) in [6.45, 7) is 5.94. The van der Waals surface area contributed by atoms with Crippen molar-refractivity contribution < 1.29 is 9.13 Å². The van der Waals surface area contributed by atoms with E-state index < -0.39 is 0 Å². The molecule has 1 nitrogen and oxygen atoms in total. The van der Waals surface area contributed by atoms with E-state index in [-0.39, 0.29) is 11.9 Å². The first-order chi connectivity index (χ1) is 8.65. The fourth-order valence-electron chi connectivity index (χ4n) is 2.47. The Balaban J connectivity index is 2.22. The molecule has 2 heteroatoms. The van der Waals surface area contributed by atoms with Gasteiger partial charge in [0.15, 0.2) is 0 Å². The Morgan fingerprint density at radius 1 is 1.22 bits per heavy atom. The van der Waals surface area contributed by atoms with Crippen LogP contribution >= 0.6 is 0 Å². The Labute approximate surface area is 106 Å². The predicted octanol–water partition coefficient (Wildman–Crippen LogP) is 3.94. The average molecular weight is 241 g/mol. The van der Waals surface area contributed by atoms with Gasteiger partial charge in [0.25, 0.3) is 0 Å². The van der Waals surface area contributed by atoms with Gasteiger partial charge in [-0.3, -0.25) is 0 Å². The zero-order valence-electron chi connectivity index (χ0n) is 10.2. The van der Waals surface area contributed by atoms with Crippen molar-refractivity contribution >= 4 is 0 Å². The number of aryl methyl sites for hydroxylation is 1. The maximum absolute atomic E-state index is 13.9. The molecule has 18 heavy (non-hydrogen) atoms. The number of rotatable bonds is 1. The summed E-state index contributed by atoms with van der Waals surface area (Å²) < 4.78 is 19.6. The highest BCUT2D eigenvalue weighted by molar-refractivity contribution is 5.74. The third-order valence-corrected chi connectivity index (χ3v) is 3.21. The molecule has 0 N–H and O–H groups in total. The smallest absolute Gasteiger partial charge is 0.131 e. The van der Waals surface area contributed by atoms with E-state index in [4.69, 9.17) is 4.74 Å². The molecule has 3 rings (SSSR count). The van der Waals surface area contributed by atoms with E-state index >= 15 is 0 Å². The molecule has 1 aliphatic heterocycles. The highest BCUT2D eigenvalue weighted by atomic mass is 19.1. The van der Waals surface area contributed by atoms with Gasteiger partial charge in [-0.2, -0.15) is 0 Å². The first-order valence-corrected chi connectivity index (χ1v) is 6.03. The molecule has 0 saturated carbocycles. The minimum atomic E-state index is -0.221. The summed E-state index contributed by atoms with van der Waals surface area (Å²) in [7, 11) is 0. The Morgan fingerprint density at radius 2 is 2.00 bits per heavy atom. The Kier molecular flexibility index (Phi) is 2.58. The summed E-state index contributed by atoms with van der Waals surface area (Å²) in [5, 5.41) is 0. The summed E-state index contributed by atoms with van der Waals surface area (Å²) in [6, 6.07) is 10.8. The molecule has 1 atom stereocenters. The monoisotopic (exact) mass is 241 g/mol. The van der Waals surface area contributed by atoms with Crippen molar-refractivity contribution in [2.45, 2.75) is 19.4 Å². The van der Waals surface area contributed by atoms with Gasteiger partial charge in [0, 0.05) is 17.5 Å². The zero-order chi connectivity index (χ0) is 12.7. The molecule has 2 aromatic carbocycles. The Bertz CT molecular complexity index is 604. The summed E-state index contributed by atoms with van der Waals surface area (Å²) >= 11 is 0. The molecular formula is C16H14FO. The fourth-order valence-corrected chi connectivity index (χ4v) is 2.47. The van der Waals surface area contributed by atoms with Gasteiger partial charge in [0.05, 0.1) is 0 Å². The zero-order valence-corrected chi connectivity index (χ0v) is 10.2. The van der Waals surface area contributed by atoms with Crippen molar-refractivity contribution in [1.82, 2.24) is 0 Å². The lowest BCUT2D eigenvalue weighted by atomic mass is 9.97. The third-order valence-electron chi connectivity index (χ3n) is 3.21. The number of hydrogen-bond donors (Lipinski definition) is 0. The second-order valence-electron chi connectivity index (χ2n) is 4.72. The molecule has 1 aliphatic rings. The molecule has 2 aromatic rings. The Morgan fingerprint density at radius 3 is 2.78 bits per heavy atom. The maximum atomic E-state index is 13.9. The van der Waals surface area contributed by atoms with Crippen molar-refractivity contribution in [3.63, 3.8) is 0 Å². The van der Waals surface area contributed by atoms with Gasteiger partial charge in [0.2, 0.25) is 0 Å². The van der Waals surface area contributed by atoms with Crippen molar-refractivity contribution in [3.8, 4) is 16.9 Å². The van der Waals surface area contributed by atoms with Gasteiger partial charge < -0.3 is 4.74 Å². The number of fused-ring (bicyclic) bond motifs is 1. The largest absolute Gasteiger partial charge is 0.489 e. The normalized spacial score (nSPS) is 17.4. The minimum Gasteiger partial charge on any atom is -0.489 e. The molecule has 91 valence electrons. The van der Waals surface area contributed by atoms with Crippen LogP contribution in [0.1, 0.15) is 11.1 Å². The molecule has 0 aromatic heterocycles. The van der Waals surface area contributed by atoms with Gasteiger partial charge in [-0.25, -0.2) is 4.39 Å². The van der Waals surface area contributed by atoms with Crippen LogP contribution in [-0.4, -0.2) is 6.10 Å². The lowest BCUT2D eigenvalue weighted by Crippen LogP contribution is -2.06. The summed E-state index contributed by atoms with van der Waals surface area (Å²) in [4.78, 5) is 0. The predicted molar refractivity (Wildman–Crippen MR) is 70.1 cm³/mol. The molecule has 0 fully saturated rings. The van der Waals surface area contributed by atoms with Crippen LogP contribution < -0.4 is 4.74 Å². The molecule has 0 saturated heterocycles. The first kappa shape index (κ1) is 11.3. The van der Waals surface area contributed by atoms with Crippen LogP contribution in [0.25, 0.3) is 11.1 Å². The van der Waals surface area contributed by atoms with Gasteiger partial charge in [-0.15, -0.1) is 0 Å². The molecule has 1 heterocycles. The van der Waals surface area contributed by atoms with Crippen LogP contribution in [-0.2, 0) is 6.42 Å². The minimum absolute atomic E-state index is 0.0766. The van der Waals surface area contributed by atoms with E-state index in [9.17, 15) is 4.39 Å². The standard InChI is InChI=1S/C16H14FO/c1-10-7-12-9-11(2)18-16(12)14(8-10)13-5-3-4-6-15(13)17/h3-8,11H,2,9H2,1H3. The van der Waals surface area contributed by atoms with E-state index in [0.29, 0.717) is 5.56 Å². The highest BCUT2D eigenvalue weighted by Crippen LogP contribution is 2.40. The first-order valence-electron chi connectivity index (χ1n) is 6.03. The van der Waals surface area contributed by atoms with E-state index in [0.717, 1.165) is 28.9 Å². The lowest BCUT2D eigenvalue weighted by molar-refractivity contribution is 0.282. The van der Waals surface area contributed by atoms with Crippen LogP contribution in [0.5, 0.6) is 5.75 Å². The highest BCUT2D eigenvalue weighted by Gasteiger charge is 2.24. The van der Waals surface area contributed by atoms with Crippen molar-refractivity contribution in [3.05, 3.63) is 60.3 Å². The van der Waals surface area contributed by atoms with E-state index in [2.05, 4.69) is 13.0 Å². The van der Waals surface area contributed by atoms with E-state index in [1.807, 2.05) is 19.1 Å². The number of hydrogen-bond acceptors (Lipinski definition) is 1. The van der Waals surface area contributed by atoms with Crippen LogP contribution in [0, 0.1) is 19.7 Å². The van der Waals surface area contributed by atoms with Gasteiger partial charge >= 0.3 is 0 Å². The third kappa shape index (κ3) is 1.78. The topological polar surface area (TPSA) is 9.23 Å². The quantitative estimate of drug-likeness (QED) is 0.734. The van der Waals surface area contributed by atoms with Crippen LogP contribution in [0.3, 0.4) is 0 Å². The second-order valence-corrected chi connectivity index (χ2v) is 4.72. The van der Waals surface area contributed by atoms with Crippen molar-refractivity contribution in [2.24, 2.45) is 0 Å².